The number of hydrogen-bond acceptors (Lipinski definition) is 2. The van der Waals surface area contributed by atoms with Crippen molar-refractivity contribution < 1.29 is 18.0 Å². The fraction of sp³-hybridized carbons (Fsp3) is 0.0909. The molecule has 0 aliphatic rings. The van der Waals surface area contributed by atoms with Crippen LogP contribution in [0, 0.1) is 0 Å². The Morgan fingerprint density at radius 3 is 2.30 bits per heavy atom. The summed E-state index contributed by atoms with van der Waals surface area (Å²) < 4.78 is 41.3. The first-order valence-corrected chi connectivity index (χ1v) is 9.38. The number of alkyl halides is 3. The van der Waals surface area contributed by atoms with E-state index in [-0.39, 0.29) is 17.2 Å². The Hall–Kier alpha value is -3.32. The normalized spacial score (nSPS) is 11.6. The molecular formula is C22H15ClF3N3O. The van der Waals surface area contributed by atoms with Crippen LogP contribution in [0.15, 0.2) is 72.9 Å². The van der Waals surface area contributed by atoms with E-state index >= 15 is 0 Å². The smallest absolute Gasteiger partial charge is 0.347 e. The Labute approximate surface area is 174 Å². The third-order valence-corrected chi connectivity index (χ3v) is 4.80. The van der Waals surface area contributed by atoms with E-state index in [2.05, 4.69) is 10.3 Å². The number of pyridine rings is 1. The standard InChI is InChI=1S/C22H15ClF3N3O/c23-17-10-11-18-28-20(22(24,25)26)19(29(18)13-17)21(30)27-12-14-6-8-16(9-7-14)15-4-2-1-3-5-15/h1-11,13H,12H2,(H,27,30). The second-order valence-corrected chi connectivity index (χ2v) is 7.06. The molecule has 8 heteroatoms. The van der Waals surface area contributed by atoms with Crippen molar-refractivity contribution >= 4 is 23.2 Å². The van der Waals surface area contributed by atoms with Gasteiger partial charge in [0.1, 0.15) is 11.3 Å². The van der Waals surface area contributed by atoms with E-state index in [0.717, 1.165) is 21.1 Å². The number of imidazole rings is 1. The van der Waals surface area contributed by atoms with Crippen LogP contribution < -0.4 is 5.32 Å². The third-order valence-electron chi connectivity index (χ3n) is 4.58. The summed E-state index contributed by atoms with van der Waals surface area (Å²) in [6.07, 6.45) is -3.54. The van der Waals surface area contributed by atoms with Crippen LogP contribution in [0.5, 0.6) is 0 Å². The second-order valence-electron chi connectivity index (χ2n) is 6.63. The lowest BCUT2D eigenvalue weighted by Gasteiger charge is -2.10. The van der Waals surface area contributed by atoms with Crippen LogP contribution in [0.25, 0.3) is 16.8 Å². The molecule has 0 saturated heterocycles. The summed E-state index contributed by atoms with van der Waals surface area (Å²) in [6, 6.07) is 19.9. The third kappa shape index (κ3) is 4.02. The van der Waals surface area contributed by atoms with Gasteiger partial charge in [-0.15, -0.1) is 0 Å². The first kappa shape index (κ1) is 20.0. The fourth-order valence-electron chi connectivity index (χ4n) is 3.15. The monoisotopic (exact) mass is 429 g/mol. The topological polar surface area (TPSA) is 46.4 Å². The van der Waals surface area contributed by atoms with E-state index < -0.39 is 23.5 Å². The molecule has 30 heavy (non-hydrogen) atoms. The van der Waals surface area contributed by atoms with E-state index in [1.54, 1.807) is 0 Å². The minimum atomic E-state index is -4.78. The van der Waals surface area contributed by atoms with Gasteiger partial charge in [-0.2, -0.15) is 13.2 Å². The molecule has 1 amide bonds. The summed E-state index contributed by atoms with van der Waals surface area (Å²) >= 11 is 5.90. The fourth-order valence-corrected chi connectivity index (χ4v) is 3.31. The molecule has 0 fully saturated rings. The van der Waals surface area contributed by atoms with Crippen LogP contribution in [0.1, 0.15) is 21.7 Å². The molecule has 4 nitrogen and oxygen atoms in total. The van der Waals surface area contributed by atoms with E-state index in [1.807, 2.05) is 54.6 Å². The summed E-state index contributed by atoms with van der Waals surface area (Å²) in [6.45, 7) is 0.0685. The van der Waals surface area contributed by atoms with Crippen molar-refractivity contribution in [1.82, 2.24) is 14.7 Å². The zero-order valence-corrected chi connectivity index (χ0v) is 16.2. The number of fused-ring (bicyclic) bond motifs is 1. The van der Waals surface area contributed by atoms with Crippen LogP contribution in [0.3, 0.4) is 0 Å². The van der Waals surface area contributed by atoms with Crippen molar-refractivity contribution in [2.24, 2.45) is 0 Å². The van der Waals surface area contributed by atoms with Crippen molar-refractivity contribution in [3.8, 4) is 11.1 Å². The summed E-state index contributed by atoms with van der Waals surface area (Å²) in [5.41, 5.74) is 0.946. The zero-order chi connectivity index (χ0) is 21.3. The van der Waals surface area contributed by atoms with E-state index in [4.69, 9.17) is 11.6 Å². The molecular weight excluding hydrogens is 415 g/mol. The maximum Gasteiger partial charge on any atom is 0.435 e. The zero-order valence-electron chi connectivity index (χ0n) is 15.4. The average Bonchev–Trinajstić information content (AvgIpc) is 3.12. The van der Waals surface area contributed by atoms with Gasteiger partial charge in [-0.3, -0.25) is 9.20 Å². The molecule has 2 aromatic heterocycles. The number of nitrogens with one attached hydrogen (secondary N) is 1. The summed E-state index contributed by atoms with van der Waals surface area (Å²) in [5.74, 6) is -0.885. The Morgan fingerprint density at radius 1 is 0.967 bits per heavy atom. The van der Waals surface area contributed by atoms with Crippen LogP contribution in [-0.4, -0.2) is 15.3 Å². The van der Waals surface area contributed by atoms with Crippen molar-refractivity contribution in [3.05, 3.63) is 94.9 Å². The van der Waals surface area contributed by atoms with Gasteiger partial charge in [0, 0.05) is 12.7 Å². The van der Waals surface area contributed by atoms with E-state index in [0.29, 0.717) is 0 Å². The maximum absolute atomic E-state index is 13.4. The van der Waals surface area contributed by atoms with Crippen LogP contribution in [-0.2, 0) is 12.7 Å². The molecule has 0 unspecified atom stereocenters. The highest BCUT2D eigenvalue weighted by atomic mass is 35.5. The van der Waals surface area contributed by atoms with E-state index in [9.17, 15) is 18.0 Å². The van der Waals surface area contributed by atoms with Gasteiger partial charge in [-0.05, 0) is 28.8 Å². The van der Waals surface area contributed by atoms with Crippen LogP contribution >= 0.6 is 11.6 Å². The largest absolute Gasteiger partial charge is 0.435 e. The molecule has 2 heterocycles. The number of nitrogens with zero attached hydrogens (tertiary/aromatic N) is 2. The molecule has 2 aromatic carbocycles. The Bertz CT molecular complexity index is 1200. The van der Waals surface area contributed by atoms with Gasteiger partial charge in [-0.25, -0.2) is 4.98 Å². The van der Waals surface area contributed by atoms with Gasteiger partial charge < -0.3 is 5.32 Å². The van der Waals surface area contributed by atoms with Crippen molar-refractivity contribution in [2.75, 3.05) is 0 Å². The maximum atomic E-state index is 13.4. The van der Waals surface area contributed by atoms with Gasteiger partial charge in [-0.1, -0.05) is 66.2 Å². The van der Waals surface area contributed by atoms with Crippen molar-refractivity contribution in [1.29, 1.82) is 0 Å². The van der Waals surface area contributed by atoms with Gasteiger partial charge in [0.25, 0.3) is 5.91 Å². The minimum absolute atomic E-state index is 0.0101. The van der Waals surface area contributed by atoms with Gasteiger partial charge in [0.2, 0.25) is 0 Å². The first-order chi connectivity index (χ1) is 14.3. The lowest BCUT2D eigenvalue weighted by atomic mass is 10.0. The predicted octanol–water partition coefficient (Wildman–Crippen LogP) is 5.60. The first-order valence-electron chi connectivity index (χ1n) is 9.00. The summed E-state index contributed by atoms with van der Waals surface area (Å²) in [5, 5.41) is 2.74. The molecule has 4 rings (SSSR count). The Kier molecular flexibility index (Phi) is 5.22. The average molecular weight is 430 g/mol. The van der Waals surface area contributed by atoms with E-state index in [1.165, 1.54) is 18.3 Å². The number of benzene rings is 2. The highest BCUT2D eigenvalue weighted by Crippen LogP contribution is 2.32. The number of aromatic nitrogens is 2. The Balaban J connectivity index is 1.57. The molecule has 0 radical (unpaired) electrons. The molecule has 152 valence electrons. The quantitative estimate of drug-likeness (QED) is 0.458. The minimum Gasteiger partial charge on any atom is -0.347 e. The molecule has 1 N–H and O–H groups in total. The van der Waals surface area contributed by atoms with Crippen LogP contribution in [0.2, 0.25) is 5.02 Å². The molecule has 0 aliphatic heterocycles. The SMILES string of the molecule is O=C(NCc1ccc(-c2ccccc2)cc1)c1c(C(F)(F)F)nc2ccc(Cl)cn12. The van der Waals surface area contributed by atoms with Crippen LogP contribution in [0.4, 0.5) is 13.2 Å². The number of hydrogen-bond donors (Lipinski definition) is 1. The number of amides is 1. The molecule has 0 bridgehead atoms. The molecule has 0 spiro atoms. The van der Waals surface area contributed by atoms with Gasteiger partial charge >= 0.3 is 6.18 Å². The van der Waals surface area contributed by atoms with Crippen molar-refractivity contribution in [3.63, 3.8) is 0 Å². The number of carbonyl (C=O) groups is 1. The molecule has 0 saturated carbocycles. The van der Waals surface area contributed by atoms with Gasteiger partial charge in [0.05, 0.1) is 5.02 Å². The molecule has 0 atom stereocenters. The highest BCUT2D eigenvalue weighted by Gasteiger charge is 2.40. The number of rotatable bonds is 4. The number of carbonyl (C=O) groups excluding carboxylic acids is 1. The molecule has 0 aliphatic carbocycles. The number of halogens is 4. The van der Waals surface area contributed by atoms with Crippen molar-refractivity contribution in [2.45, 2.75) is 12.7 Å². The second kappa shape index (κ2) is 7.84. The lowest BCUT2D eigenvalue weighted by Crippen LogP contribution is -2.27. The summed E-state index contributed by atoms with van der Waals surface area (Å²) in [7, 11) is 0. The lowest BCUT2D eigenvalue weighted by molar-refractivity contribution is -0.141. The van der Waals surface area contributed by atoms with Gasteiger partial charge in [0.15, 0.2) is 5.69 Å². The predicted molar refractivity (Wildman–Crippen MR) is 108 cm³/mol. The Morgan fingerprint density at radius 2 is 1.63 bits per heavy atom. The molecule has 4 aromatic rings. The summed E-state index contributed by atoms with van der Waals surface area (Å²) in [4.78, 5) is 16.2. The highest BCUT2D eigenvalue weighted by molar-refractivity contribution is 6.30.